The van der Waals surface area contributed by atoms with Crippen LogP contribution in [-0.2, 0) is 4.74 Å². The van der Waals surface area contributed by atoms with E-state index in [0.29, 0.717) is 23.1 Å². The van der Waals surface area contributed by atoms with E-state index >= 15 is 0 Å². The lowest BCUT2D eigenvalue weighted by molar-refractivity contribution is 0.0165. The van der Waals surface area contributed by atoms with Gasteiger partial charge in [0.05, 0.1) is 6.10 Å². The molecule has 0 bridgehead atoms. The average molecular weight is 385 g/mol. The number of likely N-dealkylation sites (tertiary alicyclic amines) is 1. The third-order valence-electron chi connectivity index (χ3n) is 4.07. The van der Waals surface area contributed by atoms with Crippen LogP contribution < -0.4 is 0 Å². The van der Waals surface area contributed by atoms with Gasteiger partial charge >= 0.3 is 5.37 Å². The topological polar surface area (TPSA) is 29.5 Å². The smallest absolute Gasteiger partial charge is 0.316 e. The lowest BCUT2D eigenvalue weighted by Crippen LogP contribution is -2.26. The SMILES string of the molecule is O=C(Cl)N1CCC(OC(c2ccc(Cl)cc2)c2ccc(Cl)cc2)C1. The molecule has 3 rings (SSSR count). The van der Waals surface area contributed by atoms with Crippen molar-refractivity contribution in [1.29, 1.82) is 0 Å². The number of carbonyl (C=O) groups is 1. The molecular formula is C18H16Cl3NO2. The van der Waals surface area contributed by atoms with Crippen molar-refractivity contribution in [3.05, 3.63) is 69.7 Å². The molecule has 0 aromatic heterocycles. The van der Waals surface area contributed by atoms with Gasteiger partial charge in [-0.1, -0.05) is 47.5 Å². The molecule has 2 aromatic carbocycles. The molecule has 1 saturated heterocycles. The second-order valence-corrected chi connectivity index (χ2v) is 6.93. The Kier molecular flexibility index (Phi) is 5.67. The van der Waals surface area contributed by atoms with E-state index in [9.17, 15) is 4.79 Å². The van der Waals surface area contributed by atoms with Crippen LogP contribution in [0.1, 0.15) is 23.7 Å². The summed E-state index contributed by atoms with van der Waals surface area (Å²) in [6.45, 7) is 1.11. The molecule has 24 heavy (non-hydrogen) atoms. The van der Waals surface area contributed by atoms with Crippen LogP contribution in [0.4, 0.5) is 4.79 Å². The third-order valence-corrected chi connectivity index (χ3v) is 4.81. The number of ether oxygens (including phenoxy) is 1. The Hall–Kier alpha value is -1.26. The summed E-state index contributed by atoms with van der Waals surface area (Å²) in [5.74, 6) is 0. The number of rotatable bonds is 4. The minimum Gasteiger partial charge on any atom is -0.364 e. The van der Waals surface area contributed by atoms with Gasteiger partial charge in [0.25, 0.3) is 0 Å². The third kappa shape index (κ3) is 4.22. The first-order valence-corrected chi connectivity index (χ1v) is 8.77. The van der Waals surface area contributed by atoms with Crippen molar-refractivity contribution >= 4 is 40.2 Å². The molecule has 2 aromatic rings. The molecule has 1 unspecified atom stereocenters. The zero-order chi connectivity index (χ0) is 17.1. The predicted molar refractivity (Wildman–Crippen MR) is 97.1 cm³/mol. The van der Waals surface area contributed by atoms with E-state index in [-0.39, 0.29) is 12.2 Å². The number of hydrogen-bond donors (Lipinski definition) is 0. The van der Waals surface area contributed by atoms with Crippen molar-refractivity contribution in [1.82, 2.24) is 4.90 Å². The summed E-state index contributed by atoms with van der Waals surface area (Å²) >= 11 is 17.5. The zero-order valence-electron chi connectivity index (χ0n) is 12.8. The molecule has 0 aliphatic carbocycles. The standard InChI is InChI=1S/C18H16Cl3NO2/c19-14-5-1-12(2-6-14)17(13-3-7-15(20)8-4-13)24-16-9-10-22(11-16)18(21)23/h1-8,16-17H,9-11H2. The van der Waals surface area contributed by atoms with Gasteiger partial charge in [0.1, 0.15) is 6.10 Å². The van der Waals surface area contributed by atoms with Gasteiger partial charge in [-0.05, 0) is 53.4 Å². The van der Waals surface area contributed by atoms with Crippen molar-refractivity contribution in [2.45, 2.75) is 18.6 Å². The summed E-state index contributed by atoms with van der Waals surface area (Å²) in [6.07, 6.45) is 0.440. The van der Waals surface area contributed by atoms with Crippen LogP contribution in [0, 0.1) is 0 Å². The molecule has 0 spiro atoms. The molecule has 0 N–H and O–H groups in total. The molecule has 1 aliphatic rings. The fourth-order valence-corrected chi connectivity index (χ4v) is 3.22. The number of nitrogens with zero attached hydrogens (tertiary/aromatic N) is 1. The quantitative estimate of drug-likeness (QED) is 0.512. The first-order chi connectivity index (χ1) is 11.5. The minimum atomic E-state index is -0.435. The fourth-order valence-electron chi connectivity index (χ4n) is 2.82. The van der Waals surface area contributed by atoms with E-state index in [2.05, 4.69) is 0 Å². The number of carbonyl (C=O) groups excluding carboxylic acids is 1. The number of hydrogen-bond acceptors (Lipinski definition) is 2. The summed E-state index contributed by atoms with van der Waals surface area (Å²) in [5.41, 5.74) is 2.00. The monoisotopic (exact) mass is 383 g/mol. The number of benzene rings is 2. The zero-order valence-corrected chi connectivity index (χ0v) is 15.1. The maximum Gasteiger partial charge on any atom is 0.316 e. The van der Waals surface area contributed by atoms with Gasteiger partial charge in [0, 0.05) is 23.1 Å². The Bertz CT molecular complexity index is 658. The summed E-state index contributed by atoms with van der Waals surface area (Å²) in [6, 6.07) is 15.1. The Labute approximate surface area is 156 Å². The summed E-state index contributed by atoms with van der Waals surface area (Å²) < 4.78 is 6.30. The number of halogens is 3. The highest BCUT2D eigenvalue weighted by atomic mass is 35.5. The van der Waals surface area contributed by atoms with Crippen molar-refractivity contribution in [3.63, 3.8) is 0 Å². The number of amides is 1. The lowest BCUT2D eigenvalue weighted by Gasteiger charge is -2.23. The summed E-state index contributed by atoms with van der Waals surface area (Å²) in [7, 11) is 0. The molecule has 1 aliphatic heterocycles. The van der Waals surface area contributed by atoms with Crippen molar-refractivity contribution in [2.24, 2.45) is 0 Å². The van der Waals surface area contributed by atoms with Gasteiger partial charge in [-0.15, -0.1) is 0 Å². The van der Waals surface area contributed by atoms with Crippen LogP contribution in [0.5, 0.6) is 0 Å². The molecular weight excluding hydrogens is 369 g/mol. The van der Waals surface area contributed by atoms with E-state index in [1.165, 1.54) is 0 Å². The molecule has 1 heterocycles. The summed E-state index contributed by atoms with van der Waals surface area (Å²) in [5, 5.41) is 0.914. The Morgan fingerprint density at radius 3 is 1.92 bits per heavy atom. The molecule has 6 heteroatoms. The molecule has 1 fully saturated rings. The fraction of sp³-hybridized carbons (Fsp3) is 0.278. The van der Waals surface area contributed by atoms with E-state index in [4.69, 9.17) is 39.5 Å². The Morgan fingerprint density at radius 2 is 1.50 bits per heavy atom. The molecule has 0 radical (unpaired) electrons. The maximum atomic E-state index is 11.3. The van der Waals surface area contributed by atoms with E-state index in [1.807, 2.05) is 48.5 Å². The van der Waals surface area contributed by atoms with Crippen LogP contribution >= 0.6 is 34.8 Å². The van der Waals surface area contributed by atoms with Gasteiger partial charge < -0.3 is 9.64 Å². The van der Waals surface area contributed by atoms with E-state index in [1.54, 1.807) is 4.90 Å². The van der Waals surface area contributed by atoms with Crippen LogP contribution in [-0.4, -0.2) is 29.5 Å². The van der Waals surface area contributed by atoms with E-state index in [0.717, 1.165) is 17.5 Å². The lowest BCUT2D eigenvalue weighted by atomic mass is 10.0. The maximum absolute atomic E-state index is 11.3. The van der Waals surface area contributed by atoms with Gasteiger partial charge in [-0.2, -0.15) is 0 Å². The highest BCUT2D eigenvalue weighted by Gasteiger charge is 2.29. The first-order valence-electron chi connectivity index (χ1n) is 7.64. The predicted octanol–water partition coefficient (Wildman–Crippen LogP) is 5.53. The van der Waals surface area contributed by atoms with Gasteiger partial charge in [0.15, 0.2) is 0 Å². The largest absolute Gasteiger partial charge is 0.364 e. The van der Waals surface area contributed by atoms with Gasteiger partial charge in [-0.25, -0.2) is 0 Å². The van der Waals surface area contributed by atoms with Gasteiger partial charge in [0.2, 0.25) is 0 Å². The molecule has 0 saturated carbocycles. The molecule has 126 valence electrons. The highest BCUT2D eigenvalue weighted by molar-refractivity contribution is 6.62. The average Bonchev–Trinajstić information content (AvgIpc) is 3.04. The second kappa shape index (κ2) is 7.75. The van der Waals surface area contributed by atoms with Crippen molar-refractivity contribution < 1.29 is 9.53 Å². The molecule has 1 atom stereocenters. The second-order valence-electron chi connectivity index (χ2n) is 5.73. The van der Waals surface area contributed by atoms with Crippen LogP contribution in [0.3, 0.4) is 0 Å². The summed E-state index contributed by atoms with van der Waals surface area (Å²) in [4.78, 5) is 12.9. The van der Waals surface area contributed by atoms with Crippen molar-refractivity contribution in [2.75, 3.05) is 13.1 Å². The van der Waals surface area contributed by atoms with E-state index < -0.39 is 5.37 Å². The normalized spacial score (nSPS) is 17.5. The Balaban J connectivity index is 1.83. The minimum absolute atomic E-state index is 0.0657. The van der Waals surface area contributed by atoms with Crippen LogP contribution in [0.15, 0.2) is 48.5 Å². The van der Waals surface area contributed by atoms with Gasteiger partial charge in [-0.3, -0.25) is 4.79 Å². The van der Waals surface area contributed by atoms with Crippen LogP contribution in [0.25, 0.3) is 0 Å². The highest BCUT2D eigenvalue weighted by Crippen LogP contribution is 2.31. The van der Waals surface area contributed by atoms with Crippen molar-refractivity contribution in [3.8, 4) is 0 Å². The van der Waals surface area contributed by atoms with Crippen LogP contribution in [0.2, 0.25) is 10.0 Å². The first kappa shape index (κ1) is 17.6. The molecule has 1 amide bonds. The molecule has 3 nitrogen and oxygen atoms in total. The Morgan fingerprint density at radius 1 is 1.00 bits per heavy atom.